The second-order valence-corrected chi connectivity index (χ2v) is 6.84. The third kappa shape index (κ3) is 3.60. The molecule has 0 amide bonds. The molecule has 1 unspecified atom stereocenters. The fourth-order valence-corrected chi connectivity index (χ4v) is 3.93. The molecule has 0 N–H and O–H groups in total. The number of morpholine rings is 1. The minimum absolute atomic E-state index is 0.443. The lowest BCUT2D eigenvalue weighted by atomic mass is 10.0. The summed E-state index contributed by atoms with van der Waals surface area (Å²) in [7, 11) is 1.74. The summed E-state index contributed by atoms with van der Waals surface area (Å²) in [5, 5.41) is 0. The number of para-hydroxylation sites is 1. The maximum absolute atomic E-state index is 5.53. The zero-order valence-corrected chi connectivity index (χ0v) is 15.3. The molecule has 4 rings (SSSR count). The van der Waals surface area contributed by atoms with E-state index in [0.29, 0.717) is 6.04 Å². The number of hydrogen-bond acceptors (Lipinski definition) is 6. The predicted molar refractivity (Wildman–Crippen MR) is 102 cm³/mol. The van der Waals surface area contributed by atoms with Gasteiger partial charge in [-0.25, -0.2) is 9.97 Å². The molecule has 2 fully saturated rings. The first-order chi connectivity index (χ1) is 12.8. The van der Waals surface area contributed by atoms with E-state index in [1.54, 1.807) is 13.4 Å². The van der Waals surface area contributed by atoms with Gasteiger partial charge in [-0.15, -0.1) is 0 Å². The molecular weight excluding hydrogens is 328 g/mol. The average molecular weight is 354 g/mol. The van der Waals surface area contributed by atoms with Gasteiger partial charge in [-0.2, -0.15) is 0 Å². The van der Waals surface area contributed by atoms with Gasteiger partial charge in [0.05, 0.1) is 20.3 Å². The Hall–Kier alpha value is -2.34. The summed E-state index contributed by atoms with van der Waals surface area (Å²) in [6.07, 6.45) is 5.03. The number of benzene rings is 1. The highest BCUT2D eigenvalue weighted by atomic mass is 16.5. The van der Waals surface area contributed by atoms with Crippen LogP contribution in [0.25, 0.3) is 0 Å². The third-order valence-corrected chi connectivity index (χ3v) is 5.29. The molecule has 138 valence electrons. The van der Waals surface area contributed by atoms with Gasteiger partial charge in [0.1, 0.15) is 23.7 Å². The fraction of sp³-hybridized carbons (Fsp3) is 0.500. The molecular formula is C20H26N4O2. The zero-order valence-electron chi connectivity index (χ0n) is 15.3. The molecule has 0 aliphatic carbocycles. The highest BCUT2D eigenvalue weighted by molar-refractivity contribution is 5.52. The van der Waals surface area contributed by atoms with Crippen LogP contribution in [0.5, 0.6) is 5.75 Å². The molecule has 1 aromatic carbocycles. The molecule has 0 bridgehead atoms. The van der Waals surface area contributed by atoms with Crippen molar-refractivity contribution in [3.63, 3.8) is 0 Å². The molecule has 0 radical (unpaired) electrons. The number of aromatic nitrogens is 2. The van der Waals surface area contributed by atoms with Crippen molar-refractivity contribution in [1.82, 2.24) is 9.97 Å². The quantitative estimate of drug-likeness (QED) is 0.822. The Bertz CT molecular complexity index is 733. The van der Waals surface area contributed by atoms with E-state index in [-0.39, 0.29) is 0 Å². The number of nitrogens with zero attached hydrogens (tertiary/aromatic N) is 4. The molecule has 26 heavy (non-hydrogen) atoms. The molecule has 2 aromatic rings. The summed E-state index contributed by atoms with van der Waals surface area (Å²) in [6.45, 7) is 4.35. The van der Waals surface area contributed by atoms with Crippen molar-refractivity contribution < 1.29 is 9.47 Å². The summed E-state index contributed by atoms with van der Waals surface area (Å²) >= 11 is 0. The van der Waals surface area contributed by atoms with Crippen LogP contribution in [0.4, 0.5) is 11.6 Å². The largest absolute Gasteiger partial charge is 0.496 e. The molecule has 2 saturated heterocycles. The lowest BCUT2D eigenvalue weighted by Gasteiger charge is -2.30. The topological polar surface area (TPSA) is 50.7 Å². The maximum atomic E-state index is 5.53. The first kappa shape index (κ1) is 17.1. The van der Waals surface area contributed by atoms with E-state index in [1.165, 1.54) is 18.4 Å². The van der Waals surface area contributed by atoms with Crippen molar-refractivity contribution in [2.75, 3.05) is 49.8 Å². The van der Waals surface area contributed by atoms with Crippen LogP contribution < -0.4 is 14.5 Å². The number of anilines is 2. The number of ether oxygens (including phenoxy) is 2. The zero-order chi connectivity index (χ0) is 17.8. The Balaban J connectivity index is 1.53. The SMILES string of the molecule is COc1ccccc1CC1CCCN1c1cc(N2CCOCC2)ncn1. The normalized spacial score (nSPS) is 20.4. The Morgan fingerprint density at radius 2 is 1.92 bits per heavy atom. The van der Waals surface area contributed by atoms with E-state index < -0.39 is 0 Å². The summed E-state index contributed by atoms with van der Waals surface area (Å²) in [4.78, 5) is 13.8. The maximum Gasteiger partial charge on any atom is 0.134 e. The highest BCUT2D eigenvalue weighted by Gasteiger charge is 2.27. The van der Waals surface area contributed by atoms with Crippen molar-refractivity contribution in [1.29, 1.82) is 0 Å². The van der Waals surface area contributed by atoms with Gasteiger partial charge in [-0.1, -0.05) is 18.2 Å². The van der Waals surface area contributed by atoms with Gasteiger partial charge in [-0.05, 0) is 30.9 Å². The molecule has 6 heteroatoms. The van der Waals surface area contributed by atoms with Gasteiger partial charge in [-0.3, -0.25) is 0 Å². The van der Waals surface area contributed by atoms with Crippen LogP contribution in [-0.2, 0) is 11.2 Å². The van der Waals surface area contributed by atoms with Crippen molar-refractivity contribution in [2.45, 2.75) is 25.3 Å². The van der Waals surface area contributed by atoms with E-state index >= 15 is 0 Å². The summed E-state index contributed by atoms with van der Waals surface area (Å²) in [6, 6.07) is 10.9. The monoisotopic (exact) mass is 354 g/mol. The van der Waals surface area contributed by atoms with Gasteiger partial charge in [0.15, 0.2) is 0 Å². The minimum atomic E-state index is 0.443. The van der Waals surface area contributed by atoms with E-state index in [1.807, 2.05) is 12.1 Å². The van der Waals surface area contributed by atoms with Gasteiger partial charge in [0.25, 0.3) is 0 Å². The molecule has 2 aliphatic heterocycles. The molecule has 3 heterocycles. The van der Waals surface area contributed by atoms with Crippen molar-refractivity contribution >= 4 is 11.6 Å². The average Bonchev–Trinajstić information content (AvgIpc) is 3.17. The van der Waals surface area contributed by atoms with Crippen molar-refractivity contribution in [3.8, 4) is 5.75 Å². The third-order valence-electron chi connectivity index (χ3n) is 5.29. The van der Waals surface area contributed by atoms with Crippen LogP contribution in [0, 0.1) is 0 Å². The van der Waals surface area contributed by atoms with Crippen LogP contribution in [0.1, 0.15) is 18.4 Å². The molecule has 2 aliphatic rings. The standard InChI is InChI=1S/C20H26N4O2/c1-25-18-7-3-2-5-16(18)13-17-6-4-8-24(17)20-14-19(21-15-22-20)23-9-11-26-12-10-23/h2-3,5,7,14-15,17H,4,6,8-13H2,1H3. The van der Waals surface area contributed by atoms with E-state index in [0.717, 1.165) is 56.7 Å². The second kappa shape index (κ2) is 7.91. The van der Waals surface area contributed by atoms with Crippen LogP contribution in [-0.4, -0.2) is 56.0 Å². The number of methoxy groups -OCH3 is 1. The van der Waals surface area contributed by atoms with Crippen molar-refractivity contribution in [2.24, 2.45) is 0 Å². The second-order valence-electron chi connectivity index (χ2n) is 6.84. The Morgan fingerprint density at radius 1 is 1.12 bits per heavy atom. The highest BCUT2D eigenvalue weighted by Crippen LogP contribution is 2.30. The van der Waals surface area contributed by atoms with Gasteiger partial charge < -0.3 is 19.3 Å². The Kier molecular flexibility index (Phi) is 5.20. The lowest BCUT2D eigenvalue weighted by molar-refractivity contribution is 0.122. The van der Waals surface area contributed by atoms with Crippen LogP contribution in [0.2, 0.25) is 0 Å². The summed E-state index contributed by atoms with van der Waals surface area (Å²) < 4.78 is 11.0. The molecule has 0 spiro atoms. The van der Waals surface area contributed by atoms with Gasteiger partial charge >= 0.3 is 0 Å². The fourth-order valence-electron chi connectivity index (χ4n) is 3.93. The predicted octanol–water partition coefficient (Wildman–Crippen LogP) is 2.53. The molecule has 0 saturated carbocycles. The first-order valence-electron chi connectivity index (χ1n) is 9.38. The summed E-state index contributed by atoms with van der Waals surface area (Å²) in [5.41, 5.74) is 1.26. The first-order valence-corrected chi connectivity index (χ1v) is 9.38. The van der Waals surface area contributed by atoms with Crippen LogP contribution >= 0.6 is 0 Å². The van der Waals surface area contributed by atoms with Crippen molar-refractivity contribution in [3.05, 3.63) is 42.2 Å². The Morgan fingerprint density at radius 3 is 2.77 bits per heavy atom. The van der Waals surface area contributed by atoms with E-state index in [9.17, 15) is 0 Å². The lowest BCUT2D eigenvalue weighted by Crippen LogP contribution is -2.37. The molecule has 1 atom stereocenters. The Labute approximate surface area is 154 Å². The van der Waals surface area contributed by atoms with E-state index in [4.69, 9.17) is 9.47 Å². The minimum Gasteiger partial charge on any atom is -0.496 e. The van der Waals surface area contributed by atoms with Gasteiger partial charge in [0.2, 0.25) is 0 Å². The van der Waals surface area contributed by atoms with E-state index in [2.05, 4.69) is 38.0 Å². The van der Waals surface area contributed by atoms with Crippen LogP contribution in [0.15, 0.2) is 36.7 Å². The summed E-state index contributed by atoms with van der Waals surface area (Å²) in [5.74, 6) is 3.00. The molecule has 6 nitrogen and oxygen atoms in total. The smallest absolute Gasteiger partial charge is 0.134 e. The number of rotatable bonds is 5. The van der Waals surface area contributed by atoms with Crippen LogP contribution in [0.3, 0.4) is 0 Å². The number of hydrogen-bond donors (Lipinski definition) is 0. The van der Waals surface area contributed by atoms with Gasteiger partial charge in [0, 0.05) is 31.7 Å². The molecule has 1 aromatic heterocycles.